The van der Waals surface area contributed by atoms with E-state index in [2.05, 4.69) is 23.7 Å². The summed E-state index contributed by atoms with van der Waals surface area (Å²) in [5.41, 5.74) is 1.17. The summed E-state index contributed by atoms with van der Waals surface area (Å²) in [7, 11) is 3.13. The normalized spacial score (nSPS) is 13.6. The molecule has 0 bridgehead atoms. The summed E-state index contributed by atoms with van der Waals surface area (Å²) in [5.74, 6) is 1.98. The van der Waals surface area contributed by atoms with E-state index in [1.54, 1.807) is 7.05 Å². The third kappa shape index (κ3) is 2.72. The van der Waals surface area contributed by atoms with Gasteiger partial charge in [-0.25, -0.2) is 4.79 Å². The summed E-state index contributed by atoms with van der Waals surface area (Å²) in [6.07, 6.45) is 0. The molecule has 0 unspecified atom stereocenters. The number of hydrogen-bond acceptors (Lipinski definition) is 5. The highest BCUT2D eigenvalue weighted by Gasteiger charge is 2.28. The number of nitrogens with zero attached hydrogens (tertiary/aromatic N) is 5. The van der Waals surface area contributed by atoms with Gasteiger partial charge in [-0.05, 0) is 30.2 Å². The van der Waals surface area contributed by atoms with E-state index in [0.29, 0.717) is 36.2 Å². The number of hydrogen-bond donors (Lipinski definition) is 0. The average Bonchev–Trinajstić information content (AvgIpc) is 3.22. The topological polar surface area (TPSA) is 74.3 Å². The Morgan fingerprint density at radius 1 is 1.07 bits per heavy atom. The van der Waals surface area contributed by atoms with E-state index in [0.717, 1.165) is 22.5 Å². The SMILES string of the molecule is CC(C)COc1ccc(N2CCn3c2nc2c3c(=O)n(C)c(=O)n2C)cc1. The molecule has 0 radical (unpaired) electrons. The monoisotopic (exact) mass is 369 g/mol. The molecule has 27 heavy (non-hydrogen) atoms. The van der Waals surface area contributed by atoms with Crippen LogP contribution in [0.3, 0.4) is 0 Å². The lowest BCUT2D eigenvalue weighted by molar-refractivity contribution is 0.271. The van der Waals surface area contributed by atoms with Gasteiger partial charge in [0.05, 0.1) is 6.61 Å². The molecular formula is C19H23N5O3. The molecule has 0 saturated heterocycles. The van der Waals surface area contributed by atoms with Gasteiger partial charge in [0.25, 0.3) is 5.56 Å². The molecular weight excluding hydrogens is 346 g/mol. The van der Waals surface area contributed by atoms with Crippen molar-refractivity contribution in [3.05, 3.63) is 45.1 Å². The molecule has 0 atom stereocenters. The fourth-order valence-corrected chi connectivity index (χ4v) is 3.38. The minimum Gasteiger partial charge on any atom is -0.493 e. The maximum Gasteiger partial charge on any atom is 0.332 e. The molecule has 3 aromatic rings. The van der Waals surface area contributed by atoms with Crippen molar-refractivity contribution in [2.45, 2.75) is 20.4 Å². The molecule has 0 saturated carbocycles. The van der Waals surface area contributed by atoms with Gasteiger partial charge in [0.15, 0.2) is 11.2 Å². The molecule has 8 nitrogen and oxygen atoms in total. The first-order chi connectivity index (χ1) is 12.9. The van der Waals surface area contributed by atoms with Gasteiger partial charge in [-0.15, -0.1) is 0 Å². The second-order valence-corrected chi connectivity index (χ2v) is 7.29. The van der Waals surface area contributed by atoms with Crippen LogP contribution in [0.2, 0.25) is 0 Å². The molecule has 1 aromatic carbocycles. The maximum atomic E-state index is 12.6. The Balaban J connectivity index is 1.74. The number of ether oxygens (including phenoxy) is 1. The highest BCUT2D eigenvalue weighted by Crippen LogP contribution is 2.32. The first-order valence-electron chi connectivity index (χ1n) is 9.05. The molecule has 1 aliphatic rings. The van der Waals surface area contributed by atoms with E-state index >= 15 is 0 Å². The van der Waals surface area contributed by atoms with Crippen LogP contribution in [-0.2, 0) is 20.6 Å². The summed E-state index contributed by atoms with van der Waals surface area (Å²) in [6.45, 7) is 6.26. The Morgan fingerprint density at radius 2 is 1.78 bits per heavy atom. The van der Waals surface area contributed by atoms with Crippen LogP contribution < -0.4 is 20.9 Å². The van der Waals surface area contributed by atoms with E-state index in [1.165, 1.54) is 11.6 Å². The lowest BCUT2D eigenvalue weighted by Crippen LogP contribution is -2.37. The van der Waals surface area contributed by atoms with Crippen LogP contribution in [-0.4, -0.2) is 31.8 Å². The van der Waals surface area contributed by atoms with Crippen molar-refractivity contribution in [1.29, 1.82) is 0 Å². The molecule has 142 valence electrons. The minimum atomic E-state index is -0.373. The zero-order valence-electron chi connectivity index (χ0n) is 16.0. The molecule has 3 heterocycles. The fraction of sp³-hybridized carbons (Fsp3) is 0.421. The lowest BCUT2D eigenvalue weighted by Gasteiger charge is -2.17. The molecule has 0 aliphatic carbocycles. The summed E-state index contributed by atoms with van der Waals surface area (Å²) in [4.78, 5) is 31.4. The first-order valence-corrected chi connectivity index (χ1v) is 9.05. The average molecular weight is 369 g/mol. The maximum absolute atomic E-state index is 12.6. The Kier molecular flexibility index (Phi) is 4.05. The van der Waals surface area contributed by atoms with Crippen molar-refractivity contribution >= 4 is 22.8 Å². The summed E-state index contributed by atoms with van der Waals surface area (Å²) < 4.78 is 10.2. The minimum absolute atomic E-state index is 0.314. The molecule has 1 aliphatic heterocycles. The van der Waals surface area contributed by atoms with Crippen LogP contribution in [0.4, 0.5) is 11.6 Å². The van der Waals surface area contributed by atoms with E-state index in [-0.39, 0.29) is 11.2 Å². The van der Waals surface area contributed by atoms with Gasteiger partial charge < -0.3 is 14.2 Å². The fourth-order valence-electron chi connectivity index (χ4n) is 3.38. The summed E-state index contributed by atoms with van der Waals surface area (Å²) in [6, 6.07) is 7.86. The van der Waals surface area contributed by atoms with Gasteiger partial charge in [0, 0.05) is 32.9 Å². The van der Waals surface area contributed by atoms with E-state index in [1.807, 2.05) is 28.8 Å². The van der Waals surface area contributed by atoms with Crippen LogP contribution in [0.25, 0.3) is 11.2 Å². The third-order valence-electron chi connectivity index (χ3n) is 4.85. The number of rotatable bonds is 4. The van der Waals surface area contributed by atoms with Crippen LogP contribution in [0.5, 0.6) is 5.75 Å². The van der Waals surface area contributed by atoms with Crippen molar-refractivity contribution in [2.75, 3.05) is 18.1 Å². The van der Waals surface area contributed by atoms with Crippen LogP contribution in [0, 0.1) is 5.92 Å². The number of fused-ring (bicyclic) bond motifs is 3. The van der Waals surface area contributed by atoms with Crippen molar-refractivity contribution in [2.24, 2.45) is 20.0 Å². The van der Waals surface area contributed by atoms with E-state index in [9.17, 15) is 9.59 Å². The number of aromatic nitrogens is 4. The largest absolute Gasteiger partial charge is 0.493 e. The molecule has 2 aromatic heterocycles. The quantitative estimate of drug-likeness (QED) is 0.699. The van der Waals surface area contributed by atoms with Gasteiger partial charge in [0.2, 0.25) is 5.95 Å². The highest BCUT2D eigenvalue weighted by atomic mass is 16.5. The Bertz CT molecular complexity index is 1120. The number of aryl methyl sites for hydroxylation is 1. The summed E-state index contributed by atoms with van der Waals surface area (Å²) >= 11 is 0. The molecule has 0 N–H and O–H groups in total. The van der Waals surface area contributed by atoms with Crippen molar-refractivity contribution in [1.82, 2.24) is 18.7 Å². The smallest absolute Gasteiger partial charge is 0.332 e. The standard InChI is InChI=1S/C19H23N5O3/c1-12(2)11-27-14-7-5-13(6-8-14)23-9-10-24-15-16(20-18(23)24)21(3)19(26)22(4)17(15)25/h5-8,12H,9-11H2,1-4H3. The van der Waals surface area contributed by atoms with Crippen LogP contribution in [0.15, 0.2) is 33.9 Å². The van der Waals surface area contributed by atoms with Crippen molar-refractivity contribution in [3.8, 4) is 5.75 Å². The zero-order valence-corrected chi connectivity index (χ0v) is 16.0. The lowest BCUT2D eigenvalue weighted by atomic mass is 10.2. The summed E-state index contributed by atoms with van der Waals surface area (Å²) in [5, 5.41) is 0. The second-order valence-electron chi connectivity index (χ2n) is 7.29. The Hall–Kier alpha value is -3.03. The van der Waals surface area contributed by atoms with E-state index < -0.39 is 0 Å². The van der Waals surface area contributed by atoms with Crippen LogP contribution >= 0.6 is 0 Å². The molecule has 0 spiro atoms. The van der Waals surface area contributed by atoms with Gasteiger partial charge in [-0.3, -0.25) is 13.9 Å². The first kappa shape index (κ1) is 17.4. The molecule has 8 heteroatoms. The predicted octanol–water partition coefficient (Wildman–Crippen LogP) is 1.62. The van der Waals surface area contributed by atoms with E-state index in [4.69, 9.17) is 4.74 Å². The zero-order chi connectivity index (χ0) is 19.3. The van der Waals surface area contributed by atoms with Crippen molar-refractivity contribution in [3.63, 3.8) is 0 Å². The molecule has 0 fully saturated rings. The second kappa shape index (κ2) is 6.29. The Morgan fingerprint density at radius 3 is 2.44 bits per heavy atom. The highest BCUT2D eigenvalue weighted by molar-refractivity contribution is 5.77. The number of benzene rings is 1. The van der Waals surface area contributed by atoms with Crippen LogP contribution in [0.1, 0.15) is 13.8 Å². The number of imidazole rings is 1. The predicted molar refractivity (Wildman–Crippen MR) is 104 cm³/mol. The van der Waals surface area contributed by atoms with Crippen molar-refractivity contribution < 1.29 is 4.74 Å². The van der Waals surface area contributed by atoms with Gasteiger partial charge in [-0.2, -0.15) is 4.98 Å². The molecule has 4 rings (SSSR count). The van der Waals surface area contributed by atoms with Gasteiger partial charge in [0.1, 0.15) is 5.75 Å². The molecule has 0 amide bonds. The third-order valence-corrected chi connectivity index (χ3v) is 4.85. The van der Waals surface area contributed by atoms with Gasteiger partial charge >= 0.3 is 5.69 Å². The number of anilines is 2. The Labute approximate surface area is 156 Å². The van der Waals surface area contributed by atoms with Gasteiger partial charge in [-0.1, -0.05) is 13.8 Å².